The van der Waals surface area contributed by atoms with Crippen molar-refractivity contribution in [1.29, 1.82) is 0 Å². The van der Waals surface area contributed by atoms with Gasteiger partial charge in [-0.3, -0.25) is 14.9 Å². The quantitative estimate of drug-likeness (QED) is 0.181. The second-order valence-corrected chi connectivity index (χ2v) is 10.8. The van der Waals surface area contributed by atoms with E-state index in [9.17, 15) is 14.9 Å². The number of methoxy groups -OCH3 is 1. The third-order valence-corrected chi connectivity index (χ3v) is 6.77. The van der Waals surface area contributed by atoms with Crippen LogP contribution in [0.25, 0.3) is 0 Å². The number of fused-ring (bicyclic) bond motifs is 1. The Balaban J connectivity index is 1.39. The highest BCUT2D eigenvalue weighted by molar-refractivity contribution is 5.75. The molecule has 10 heteroatoms. The first kappa shape index (κ1) is 29.1. The van der Waals surface area contributed by atoms with E-state index in [1.807, 2.05) is 30.3 Å². The molecule has 2 aliphatic rings. The Hall–Kier alpha value is -2.89. The molecule has 0 aliphatic carbocycles. The van der Waals surface area contributed by atoms with Gasteiger partial charge in [-0.1, -0.05) is 42.5 Å². The highest BCUT2D eigenvalue weighted by Gasteiger charge is 2.53. The number of hydrogen-bond acceptors (Lipinski definition) is 9. The Morgan fingerprint density at radius 1 is 1.03 bits per heavy atom. The number of aryl methyl sites for hydroxylation is 1. The maximum atomic E-state index is 12.9. The Morgan fingerprint density at radius 3 is 2.38 bits per heavy atom. The van der Waals surface area contributed by atoms with Crippen LogP contribution in [0.2, 0.25) is 0 Å². The van der Waals surface area contributed by atoms with Crippen molar-refractivity contribution >= 4 is 11.7 Å². The Bertz CT molecular complexity index is 1090. The van der Waals surface area contributed by atoms with E-state index in [0.717, 1.165) is 24.0 Å². The maximum absolute atomic E-state index is 12.9. The summed E-state index contributed by atoms with van der Waals surface area (Å²) >= 11 is 0. The molecule has 0 bridgehead atoms. The predicted octanol–water partition coefficient (Wildman–Crippen LogP) is 4.75. The van der Waals surface area contributed by atoms with Gasteiger partial charge >= 0.3 is 5.97 Å². The largest absolute Gasteiger partial charge is 0.454 e. The predicted molar refractivity (Wildman–Crippen MR) is 141 cm³/mol. The molecule has 0 N–H and O–H groups in total. The molecule has 10 nitrogen and oxygen atoms in total. The van der Waals surface area contributed by atoms with Crippen molar-refractivity contribution in [1.82, 2.24) is 0 Å². The second-order valence-electron chi connectivity index (χ2n) is 10.8. The summed E-state index contributed by atoms with van der Waals surface area (Å²) in [7, 11) is 1.56. The average molecular weight is 544 g/mol. The monoisotopic (exact) mass is 543 g/mol. The second kappa shape index (κ2) is 13.0. The Labute approximate surface area is 228 Å². The summed E-state index contributed by atoms with van der Waals surface area (Å²) in [6, 6.07) is 16.2. The summed E-state index contributed by atoms with van der Waals surface area (Å²) in [5.74, 6) is -0.393. The maximum Gasteiger partial charge on any atom is 0.311 e. The van der Waals surface area contributed by atoms with Crippen LogP contribution in [0.4, 0.5) is 5.69 Å². The van der Waals surface area contributed by atoms with Crippen molar-refractivity contribution in [2.45, 2.75) is 77.0 Å². The van der Waals surface area contributed by atoms with Gasteiger partial charge < -0.3 is 28.4 Å². The van der Waals surface area contributed by atoms with Crippen molar-refractivity contribution in [3.63, 3.8) is 0 Å². The first-order chi connectivity index (χ1) is 18.7. The fourth-order valence-corrected chi connectivity index (χ4v) is 4.57. The van der Waals surface area contributed by atoms with Gasteiger partial charge in [-0.25, -0.2) is 0 Å². The molecule has 0 radical (unpaired) electrons. The molecule has 4 rings (SSSR count). The number of rotatable bonds is 10. The van der Waals surface area contributed by atoms with Gasteiger partial charge in [-0.2, -0.15) is 0 Å². The first-order valence-electron chi connectivity index (χ1n) is 13.2. The van der Waals surface area contributed by atoms with E-state index in [1.54, 1.807) is 40.0 Å². The van der Waals surface area contributed by atoms with Crippen LogP contribution in [0, 0.1) is 15.5 Å². The molecule has 2 aromatic rings. The highest BCUT2D eigenvalue weighted by Crippen LogP contribution is 2.37. The smallest absolute Gasteiger partial charge is 0.311 e. The Morgan fingerprint density at radius 2 is 1.74 bits per heavy atom. The fourth-order valence-electron chi connectivity index (χ4n) is 4.57. The summed E-state index contributed by atoms with van der Waals surface area (Å²) in [6.45, 7) is 5.99. The number of carbonyl (C=O) groups excluding carboxylic acids is 1. The lowest BCUT2D eigenvalue weighted by atomic mass is 9.95. The number of benzene rings is 2. The average Bonchev–Trinajstić information content (AvgIpc) is 2.92. The van der Waals surface area contributed by atoms with Crippen LogP contribution >= 0.6 is 0 Å². The third-order valence-electron chi connectivity index (χ3n) is 6.77. The van der Waals surface area contributed by atoms with Gasteiger partial charge in [0.15, 0.2) is 18.7 Å². The van der Waals surface area contributed by atoms with E-state index < -0.39 is 53.3 Å². The van der Waals surface area contributed by atoms with E-state index >= 15 is 0 Å². The fraction of sp³-hybridized carbons (Fsp3) is 0.552. The molecule has 6 atom stereocenters. The van der Waals surface area contributed by atoms with Crippen LogP contribution in [0.3, 0.4) is 0 Å². The molecule has 0 saturated carbocycles. The zero-order valence-corrected chi connectivity index (χ0v) is 22.8. The van der Waals surface area contributed by atoms with Crippen LogP contribution in [-0.4, -0.2) is 61.9 Å². The standard InChI is InChI=1S/C29H37NO9/c1-29(2,3)28(31)39-25-24(34-4)23-22(18-36-26(38-23)20-11-6-5-7-12-20)37-27(25)35-17-9-8-10-19-13-15-21(16-14-19)30(32)33/h5-7,11-16,22-27H,8-10,17-18H2,1-4H3/t22?,23-,24-,25?,26?,27+/m0/s1. The number of ether oxygens (including phenoxy) is 6. The van der Waals surface area contributed by atoms with Gasteiger partial charge in [0.25, 0.3) is 5.69 Å². The van der Waals surface area contributed by atoms with Crippen molar-refractivity contribution in [2.24, 2.45) is 5.41 Å². The van der Waals surface area contributed by atoms with Gasteiger partial charge in [0.2, 0.25) is 0 Å². The van der Waals surface area contributed by atoms with E-state index in [1.165, 1.54) is 12.1 Å². The Kier molecular flexibility index (Phi) is 9.68. The van der Waals surface area contributed by atoms with Crippen LogP contribution < -0.4 is 0 Å². The molecule has 3 unspecified atom stereocenters. The molecule has 0 amide bonds. The number of nitrogens with zero attached hydrogens (tertiary/aromatic N) is 1. The molecule has 2 aliphatic heterocycles. The van der Waals surface area contributed by atoms with Crippen molar-refractivity contribution in [3.05, 3.63) is 75.8 Å². The number of nitro benzene ring substituents is 1. The molecule has 2 saturated heterocycles. The van der Waals surface area contributed by atoms with Gasteiger partial charge in [-0.05, 0) is 45.6 Å². The van der Waals surface area contributed by atoms with Crippen LogP contribution in [-0.2, 0) is 39.6 Å². The number of hydrogen-bond donors (Lipinski definition) is 0. The number of esters is 1. The zero-order chi connectivity index (χ0) is 28.0. The van der Waals surface area contributed by atoms with Crippen molar-refractivity contribution < 1.29 is 38.1 Å². The topological polar surface area (TPSA) is 116 Å². The van der Waals surface area contributed by atoms with Gasteiger partial charge in [0.1, 0.15) is 18.3 Å². The number of non-ortho nitro benzene ring substituents is 1. The summed E-state index contributed by atoms with van der Waals surface area (Å²) in [5.41, 5.74) is 1.23. The van der Waals surface area contributed by atoms with Crippen LogP contribution in [0.5, 0.6) is 0 Å². The molecule has 2 aromatic carbocycles. The van der Waals surface area contributed by atoms with Gasteiger partial charge in [-0.15, -0.1) is 0 Å². The lowest BCUT2D eigenvalue weighted by Crippen LogP contribution is -2.64. The van der Waals surface area contributed by atoms with Gasteiger partial charge in [0, 0.05) is 31.4 Å². The summed E-state index contributed by atoms with van der Waals surface area (Å²) in [4.78, 5) is 23.3. The van der Waals surface area contributed by atoms with E-state index in [4.69, 9.17) is 28.4 Å². The summed E-state index contributed by atoms with van der Waals surface area (Å²) in [6.07, 6.45) is -1.65. The van der Waals surface area contributed by atoms with Crippen molar-refractivity contribution in [2.75, 3.05) is 20.3 Å². The third kappa shape index (κ3) is 7.40. The molecule has 212 valence electrons. The van der Waals surface area contributed by atoms with E-state index in [2.05, 4.69) is 0 Å². The van der Waals surface area contributed by atoms with E-state index in [0.29, 0.717) is 13.0 Å². The van der Waals surface area contributed by atoms with Crippen molar-refractivity contribution in [3.8, 4) is 0 Å². The highest BCUT2D eigenvalue weighted by atomic mass is 16.8. The molecule has 39 heavy (non-hydrogen) atoms. The summed E-state index contributed by atoms with van der Waals surface area (Å²) < 4.78 is 36.4. The minimum atomic E-state index is -0.859. The zero-order valence-electron chi connectivity index (χ0n) is 22.8. The lowest BCUT2D eigenvalue weighted by Gasteiger charge is -2.48. The number of nitro groups is 1. The molecule has 0 spiro atoms. The normalized spacial score (nSPS) is 27.0. The van der Waals surface area contributed by atoms with Gasteiger partial charge in [0.05, 0.1) is 16.9 Å². The SMILES string of the molecule is CO[C@@H]1C(OC(=O)C(C)(C)C)[C@H](OCCCCc2ccc([N+](=O)[O-])cc2)OC2COC(c3ccccc3)O[C@@H]21. The molecule has 2 fully saturated rings. The van der Waals surface area contributed by atoms with E-state index in [-0.39, 0.29) is 12.3 Å². The summed E-state index contributed by atoms with van der Waals surface area (Å²) in [5, 5.41) is 10.8. The molecule has 0 aromatic heterocycles. The lowest BCUT2D eigenvalue weighted by molar-refractivity contribution is -0.384. The molecular formula is C29H37NO9. The first-order valence-corrected chi connectivity index (χ1v) is 13.2. The molecular weight excluding hydrogens is 506 g/mol. The number of unbranched alkanes of at least 4 members (excludes halogenated alkanes) is 1. The number of carbonyl (C=O) groups is 1. The van der Waals surface area contributed by atoms with Crippen LogP contribution in [0.1, 0.15) is 51.0 Å². The minimum Gasteiger partial charge on any atom is -0.454 e. The minimum absolute atomic E-state index is 0.0733. The molecule has 2 heterocycles. The van der Waals surface area contributed by atoms with Crippen LogP contribution in [0.15, 0.2) is 54.6 Å².